The second-order valence-electron chi connectivity index (χ2n) is 3.31. The summed E-state index contributed by atoms with van der Waals surface area (Å²) in [4.78, 5) is 1.16. The number of halogens is 2. The molecule has 1 aromatic heterocycles. The first kappa shape index (κ1) is 11.0. The van der Waals surface area contributed by atoms with Crippen molar-refractivity contribution in [2.24, 2.45) is 0 Å². The van der Waals surface area contributed by atoms with E-state index in [-0.39, 0.29) is 0 Å². The number of thiophene rings is 1. The smallest absolute Gasteiger partial charge is 0.0934 e. The highest BCUT2D eigenvalue weighted by Crippen LogP contribution is 2.33. The van der Waals surface area contributed by atoms with Gasteiger partial charge in [0.1, 0.15) is 0 Å². The molecule has 0 saturated carbocycles. The first-order chi connectivity index (χ1) is 7.19. The van der Waals surface area contributed by atoms with Crippen LogP contribution in [0.1, 0.15) is 12.5 Å². The molecular formula is C12H10Cl2S. The Labute approximate surface area is 103 Å². The Morgan fingerprint density at radius 1 is 1.13 bits per heavy atom. The number of hydrogen-bond donors (Lipinski definition) is 0. The zero-order valence-corrected chi connectivity index (χ0v) is 10.6. The summed E-state index contributed by atoms with van der Waals surface area (Å²) in [5, 5.41) is 0.786. The van der Waals surface area contributed by atoms with Crippen molar-refractivity contribution in [2.75, 3.05) is 0 Å². The van der Waals surface area contributed by atoms with E-state index in [1.54, 1.807) is 11.3 Å². The van der Waals surface area contributed by atoms with E-state index < -0.39 is 0 Å². The van der Waals surface area contributed by atoms with Crippen LogP contribution < -0.4 is 0 Å². The third-order valence-corrected chi connectivity index (χ3v) is 3.72. The normalized spacial score (nSPS) is 10.6. The van der Waals surface area contributed by atoms with Crippen LogP contribution in [0.15, 0.2) is 30.3 Å². The minimum Gasteiger partial charge on any atom is -0.123 e. The largest absolute Gasteiger partial charge is 0.123 e. The molecule has 0 aliphatic carbocycles. The van der Waals surface area contributed by atoms with Crippen LogP contribution >= 0.6 is 34.5 Å². The van der Waals surface area contributed by atoms with Crippen molar-refractivity contribution in [3.8, 4) is 10.4 Å². The molecule has 0 aliphatic rings. The first-order valence-electron chi connectivity index (χ1n) is 4.74. The molecule has 0 amide bonds. The lowest BCUT2D eigenvalue weighted by atomic mass is 10.1. The zero-order chi connectivity index (χ0) is 10.8. The Morgan fingerprint density at radius 2 is 1.93 bits per heavy atom. The Kier molecular flexibility index (Phi) is 3.35. The van der Waals surface area contributed by atoms with Crippen LogP contribution in [0, 0.1) is 0 Å². The van der Waals surface area contributed by atoms with E-state index in [0.717, 1.165) is 26.2 Å². The van der Waals surface area contributed by atoms with Gasteiger partial charge < -0.3 is 0 Å². The molecule has 0 radical (unpaired) electrons. The second kappa shape index (κ2) is 4.56. The Hall–Kier alpha value is -0.500. The standard InChI is InChI=1S/C12H10Cl2S/c1-2-8-5-9(7-10(13)6-8)11-3-4-12(14)15-11/h3-7H,2H2,1H3. The number of hydrogen-bond acceptors (Lipinski definition) is 1. The molecule has 0 atom stereocenters. The van der Waals surface area contributed by atoms with Gasteiger partial charge in [-0.25, -0.2) is 0 Å². The van der Waals surface area contributed by atoms with Gasteiger partial charge in [0.15, 0.2) is 0 Å². The number of aryl methyl sites for hydroxylation is 1. The summed E-state index contributed by atoms with van der Waals surface area (Å²) < 4.78 is 0.808. The Bertz CT molecular complexity index is 474. The van der Waals surface area contributed by atoms with Crippen molar-refractivity contribution in [1.29, 1.82) is 0 Å². The molecule has 78 valence electrons. The molecule has 0 bridgehead atoms. The molecule has 0 nitrogen and oxygen atoms in total. The van der Waals surface area contributed by atoms with E-state index in [2.05, 4.69) is 13.0 Å². The summed E-state index contributed by atoms with van der Waals surface area (Å²) in [7, 11) is 0. The molecule has 0 fully saturated rings. The van der Waals surface area contributed by atoms with Gasteiger partial charge in [0, 0.05) is 9.90 Å². The van der Waals surface area contributed by atoms with Gasteiger partial charge in [0.05, 0.1) is 4.34 Å². The Morgan fingerprint density at radius 3 is 2.53 bits per heavy atom. The predicted octanol–water partition coefficient (Wildman–Crippen LogP) is 5.28. The van der Waals surface area contributed by atoms with E-state index in [1.807, 2.05) is 24.3 Å². The van der Waals surface area contributed by atoms with Crippen LogP contribution in [-0.4, -0.2) is 0 Å². The van der Waals surface area contributed by atoms with E-state index in [1.165, 1.54) is 5.56 Å². The fraction of sp³-hybridized carbons (Fsp3) is 0.167. The fourth-order valence-electron chi connectivity index (χ4n) is 1.47. The van der Waals surface area contributed by atoms with Gasteiger partial charge in [-0.2, -0.15) is 0 Å². The highest BCUT2D eigenvalue weighted by molar-refractivity contribution is 7.19. The van der Waals surface area contributed by atoms with Crippen molar-refractivity contribution in [2.45, 2.75) is 13.3 Å². The van der Waals surface area contributed by atoms with Crippen LogP contribution in [0.4, 0.5) is 0 Å². The predicted molar refractivity (Wildman–Crippen MR) is 69.2 cm³/mol. The zero-order valence-electron chi connectivity index (χ0n) is 8.26. The average molecular weight is 257 g/mol. The van der Waals surface area contributed by atoms with Gasteiger partial charge >= 0.3 is 0 Å². The van der Waals surface area contributed by atoms with Gasteiger partial charge in [-0.1, -0.05) is 36.2 Å². The maximum absolute atomic E-state index is 6.06. The lowest BCUT2D eigenvalue weighted by Gasteiger charge is -2.02. The van der Waals surface area contributed by atoms with Crippen molar-refractivity contribution in [3.05, 3.63) is 45.3 Å². The van der Waals surface area contributed by atoms with E-state index >= 15 is 0 Å². The molecule has 0 spiro atoms. The van der Waals surface area contributed by atoms with Crippen LogP contribution in [-0.2, 0) is 6.42 Å². The molecule has 0 unspecified atom stereocenters. The fourth-order valence-corrected chi connectivity index (χ4v) is 2.75. The monoisotopic (exact) mass is 256 g/mol. The average Bonchev–Trinajstić information content (AvgIpc) is 2.64. The molecule has 2 rings (SSSR count). The summed E-state index contributed by atoms with van der Waals surface area (Å²) >= 11 is 13.5. The molecule has 0 aliphatic heterocycles. The maximum atomic E-state index is 6.06. The van der Waals surface area contributed by atoms with E-state index in [9.17, 15) is 0 Å². The SMILES string of the molecule is CCc1cc(Cl)cc(-c2ccc(Cl)s2)c1. The van der Waals surface area contributed by atoms with Crippen LogP contribution in [0.2, 0.25) is 9.36 Å². The van der Waals surface area contributed by atoms with Gasteiger partial charge in [0.25, 0.3) is 0 Å². The molecule has 3 heteroatoms. The summed E-state index contributed by atoms with van der Waals surface area (Å²) in [5.74, 6) is 0. The highest BCUT2D eigenvalue weighted by atomic mass is 35.5. The second-order valence-corrected chi connectivity index (χ2v) is 5.46. The van der Waals surface area contributed by atoms with Crippen LogP contribution in [0.3, 0.4) is 0 Å². The minimum atomic E-state index is 0.786. The summed E-state index contributed by atoms with van der Waals surface area (Å²) in [5.41, 5.74) is 2.40. The number of rotatable bonds is 2. The maximum Gasteiger partial charge on any atom is 0.0934 e. The third-order valence-electron chi connectivity index (χ3n) is 2.22. The third kappa shape index (κ3) is 2.54. The number of benzene rings is 1. The van der Waals surface area contributed by atoms with E-state index in [0.29, 0.717) is 0 Å². The minimum absolute atomic E-state index is 0.786. The molecule has 0 saturated heterocycles. The van der Waals surface area contributed by atoms with Gasteiger partial charge in [0.2, 0.25) is 0 Å². The summed E-state index contributed by atoms with van der Waals surface area (Å²) in [6.07, 6.45) is 0.993. The van der Waals surface area contributed by atoms with Crippen LogP contribution in [0.5, 0.6) is 0 Å². The molecule has 1 aromatic carbocycles. The molecule has 2 aromatic rings. The quantitative estimate of drug-likeness (QED) is 0.686. The lowest BCUT2D eigenvalue weighted by Crippen LogP contribution is -1.81. The van der Waals surface area contributed by atoms with Gasteiger partial charge in [-0.3, -0.25) is 0 Å². The van der Waals surface area contributed by atoms with Crippen molar-refractivity contribution < 1.29 is 0 Å². The Balaban J connectivity index is 2.48. The van der Waals surface area contributed by atoms with Crippen LogP contribution in [0.25, 0.3) is 10.4 Å². The highest BCUT2D eigenvalue weighted by Gasteiger charge is 2.04. The molecule has 1 heterocycles. The summed E-state index contributed by atoms with van der Waals surface area (Å²) in [6.45, 7) is 2.12. The van der Waals surface area contributed by atoms with Crippen molar-refractivity contribution in [1.82, 2.24) is 0 Å². The van der Waals surface area contributed by atoms with Crippen molar-refractivity contribution in [3.63, 3.8) is 0 Å². The summed E-state index contributed by atoms with van der Waals surface area (Å²) in [6, 6.07) is 10.1. The molecule has 15 heavy (non-hydrogen) atoms. The lowest BCUT2D eigenvalue weighted by molar-refractivity contribution is 1.14. The van der Waals surface area contributed by atoms with Gasteiger partial charge in [-0.05, 0) is 41.8 Å². The van der Waals surface area contributed by atoms with E-state index in [4.69, 9.17) is 23.2 Å². The van der Waals surface area contributed by atoms with Crippen molar-refractivity contribution >= 4 is 34.5 Å². The molecular weight excluding hydrogens is 247 g/mol. The van der Waals surface area contributed by atoms with Gasteiger partial charge in [-0.15, -0.1) is 11.3 Å². The topological polar surface area (TPSA) is 0 Å². The first-order valence-corrected chi connectivity index (χ1v) is 6.31. The molecule has 0 N–H and O–H groups in total.